The second kappa shape index (κ2) is 5.67. The molecule has 0 aliphatic carbocycles. The highest BCUT2D eigenvalue weighted by molar-refractivity contribution is 7.91. The van der Waals surface area contributed by atoms with Gasteiger partial charge < -0.3 is 0 Å². The predicted molar refractivity (Wildman–Crippen MR) is 72.0 cm³/mol. The fourth-order valence-electron chi connectivity index (χ4n) is 1.66. The van der Waals surface area contributed by atoms with E-state index in [0.717, 1.165) is 12.0 Å². The van der Waals surface area contributed by atoms with Gasteiger partial charge in [-0.1, -0.05) is 46.2 Å². The van der Waals surface area contributed by atoms with E-state index in [9.17, 15) is 8.42 Å². The Morgan fingerprint density at radius 1 is 1.18 bits per heavy atom. The fraction of sp³-hybridized carbons (Fsp3) is 0.571. The maximum absolute atomic E-state index is 12.2. The van der Waals surface area contributed by atoms with Gasteiger partial charge in [-0.2, -0.15) is 0 Å². The van der Waals surface area contributed by atoms with Gasteiger partial charge in [-0.15, -0.1) is 0 Å². The molecule has 96 valence electrons. The molecule has 0 aliphatic heterocycles. The molecule has 0 bridgehead atoms. The fourth-order valence-corrected chi connectivity index (χ4v) is 3.43. The molecule has 0 spiro atoms. The first kappa shape index (κ1) is 14.2. The molecule has 1 aromatic rings. The third-order valence-corrected chi connectivity index (χ3v) is 5.06. The van der Waals surface area contributed by atoms with Gasteiger partial charge in [0.25, 0.3) is 0 Å². The van der Waals surface area contributed by atoms with Gasteiger partial charge in [0.05, 0.1) is 10.6 Å². The van der Waals surface area contributed by atoms with Crippen LogP contribution >= 0.6 is 0 Å². The van der Waals surface area contributed by atoms with Crippen molar-refractivity contribution in [2.45, 2.75) is 44.9 Å². The van der Waals surface area contributed by atoms with Gasteiger partial charge in [-0.25, -0.2) is 8.42 Å². The molecule has 1 atom stereocenters. The number of hydrogen-bond donors (Lipinski definition) is 0. The lowest BCUT2D eigenvalue weighted by Gasteiger charge is -2.11. The molecule has 0 heterocycles. The zero-order valence-corrected chi connectivity index (χ0v) is 11.9. The van der Waals surface area contributed by atoms with Crippen molar-refractivity contribution in [1.29, 1.82) is 0 Å². The van der Waals surface area contributed by atoms with Gasteiger partial charge in [-0.05, 0) is 29.5 Å². The lowest BCUT2D eigenvalue weighted by Crippen LogP contribution is -2.13. The summed E-state index contributed by atoms with van der Waals surface area (Å²) in [7, 11) is -3.13. The van der Waals surface area contributed by atoms with E-state index in [1.807, 2.05) is 32.0 Å². The van der Waals surface area contributed by atoms with Crippen molar-refractivity contribution in [1.82, 2.24) is 0 Å². The molecule has 0 fully saturated rings. The maximum Gasteiger partial charge on any atom is 0.178 e. The van der Waals surface area contributed by atoms with E-state index in [2.05, 4.69) is 13.8 Å². The van der Waals surface area contributed by atoms with Gasteiger partial charge in [0.1, 0.15) is 0 Å². The van der Waals surface area contributed by atoms with Crippen LogP contribution in [0.25, 0.3) is 0 Å². The zero-order valence-electron chi connectivity index (χ0n) is 11.1. The summed E-state index contributed by atoms with van der Waals surface area (Å²) >= 11 is 0. The molecule has 0 unspecified atom stereocenters. The Hall–Kier alpha value is -0.830. The molecule has 0 aromatic heterocycles. The van der Waals surface area contributed by atoms with Crippen molar-refractivity contribution in [2.24, 2.45) is 5.92 Å². The molecule has 0 aliphatic rings. The van der Waals surface area contributed by atoms with Gasteiger partial charge in [0, 0.05) is 0 Å². The van der Waals surface area contributed by atoms with Crippen molar-refractivity contribution in [3.8, 4) is 0 Å². The van der Waals surface area contributed by atoms with Crippen LogP contribution in [-0.4, -0.2) is 14.2 Å². The third kappa shape index (κ3) is 3.84. The van der Waals surface area contributed by atoms with E-state index < -0.39 is 9.84 Å². The zero-order chi connectivity index (χ0) is 13.1. The summed E-state index contributed by atoms with van der Waals surface area (Å²) in [5.41, 5.74) is 1.08. The molecular formula is C14H22O2S. The summed E-state index contributed by atoms with van der Waals surface area (Å²) in [6.07, 6.45) is 0.892. The minimum absolute atomic E-state index is 0.211. The number of rotatable bonds is 5. The summed E-state index contributed by atoms with van der Waals surface area (Å²) in [5, 5.41) is 0. The first-order valence-electron chi connectivity index (χ1n) is 6.19. The predicted octanol–water partition coefficient (Wildman–Crippen LogP) is 3.63. The number of benzene rings is 1. The summed E-state index contributed by atoms with van der Waals surface area (Å²) in [6, 6.07) is 7.32. The van der Waals surface area contributed by atoms with Crippen molar-refractivity contribution < 1.29 is 8.42 Å². The van der Waals surface area contributed by atoms with Crippen molar-refractivity contribution in [3.63, 3.8) is 0 Å². The van der Waals surface area contributed by atoms with Gasteiger partial charge in [0.2, 0.25) is 0 Å². The lowest BCUT2D eigenvalue weighted by atomic mass is 10.0. The van der Waals surface area contributed by atoms with E-state index in [0.29, 0.717) is 10.8 Å². The molecule has 1 aromatic carbocycles. The second-order valence-corrected chi connectivity index (χ2v) is 7.06. The highest BCUT2D eigenvalue weighted by Gasteiger charge is 2.18. The first-order valence-corrected chi connectivity index (χ1v) is 7.84. The van der Waals surface area contributed by atoms with Crippen LogP contribution in [0.15, 0.2) is 29.2 Å². The van der Waals surface area contributed by atoms with Crippen LogP contribution in [-0.2, 0) is 9.84 Å². The van der Waals surface area contributed by atoms with Crippen molar-refractivity contribution >= 4 is 9.84 Å². The minimum Gasteiger partial charge on any atom is -0.224 e. The van der Waals surface area contributed by atoms with E-state index >= 15 is 0 Å². The molecule has 0 saturated carbocycles. The normalized spacial score (nSPS) is 13.9. The van der Waals surface area contributed by atoms with E-state index in [1.165, 1.54) is 0 Å². The van der Waals surface area contributed by atoms with Gasteiger partial charge >= 0.3 is 0 Å². The van der Waals surface area contributed by atoms with E-state index in [4.69, 9.17) is 0 Å². The first-order chi connectivity index (χ1) is 7.86. The van der Waals surface area contributed by atoms with Crippen molar-refractivity contribution in [2.75, 3.05) is 5.75 Å². The lowest BCUT2D eigenvalue weighted by molar-refractivity contribution is 0.564. The molecular weight excluding hydrogens is 232 g/mol. The Bertz CT molecular complexity index is 461. The van der Waals surface area contributed by atoms with Crippen LogP contribution in [0.5, 0.6) is 0 Å². The van der Waals surface area contributed by atoms with Gasteiger partial charge in [0.15, 0.2) is 9.84 Å². The Labute approximate surface area is 105 Å². The quantitative estimate of drug-likeness (QED) is 0.804. The second-order valence-electron chi connectivity index (χ2n) is 5.02. The molecule has 3 heteroatoms. The standard InChI is InChI=1S/C14H22O2S/c1-5-12(4)10-17(15,16)14-8-6-7-13(9-14)11(2)3/h6-9,11-12H,5,10H2,1-4H3/t12-/m0/s1. The van der Waals surface area contributed by atoms with Crippen LogP contribution in [0.1, 0.15) is 45.6 Å². The van der Waals surface area contributed by atoms with E-state index in [-0.39, 0.29) is 11.7 Å². The van der Waals surface area contributed by atoms with E-state index in [1.54, 1.807) is 6.07 Å². The molecule has 0 amide bonds. The Morgan fingerprint density at radius 3 is 2.35 bits per heavy atom. The van der Waals surface area contributed by atoms with Crippen LogP contribution in [0.3, 0.4) is 0 Å². The molecule has 17 heavy (non-hydrogen) atoms. The summed E-state index contributed by atoms with van der Waals surface area (Å²) in [6.45, 7) is 8.13. The summed E-state index contributed by atoms with van der Waals surface area (Å²) in [5.74, 6) is 0.807. The van der Waals surface area contributed by atoms with Gasteiger partial charge in [-0.3, -0.25) is 0 Å². The maximum atomic E-state index is 12.2. The Morgan fingerprint density at radius 2 is 1.82 bits per heavy atom. The number of sulfone groups is 1. The average Bonchev–Trinajstić information content (AvgIpc) is 2.28. The Balaban J connectivity index is 3.03. The topological polar surface area (TPSA) is 34.1 Å². The monoisotopic (exact) mass is 254 g/mol. The van der Waals surface area contributed by atoms with Crippen LogP contribution < -0.4 is 0 Å². The SMILES string of the molecule is CC[C@H](C)CS(=O)(=O)c1cccc(C(C)C)c1. The largest absolute Gasteiger partial charge is 0.224 e. The minimum atomic E-state index is -3.13. The summed E-state index contributed by atoms with van der Waals surface area (Å²) < 4.78 is 24.4. The molecule has 0 N–H and O–H groups in total. The highest BCUT2D eigenvalue weighted by atomic mass is 32.2. The van der Waals surface area contributed by atoms with Crippen molar-refractivity contribution in [3.05, 3.63) is 29.8 Å². The average molecular weight is 254 g/mol. The number of hydrogen-bond acceptors (Lipinski definition) is 2. The third-order valence-electron chi connectivity index (χ3n) is 3.08. The molecule has 0 radical (unpaired) electrons. The molecule has 2 nitrogen and oxygen atoms in total. The Kier molecular flexibility index (Phi) is 4.75. The highest BCUT2D eigenvalue weighted by Crippen LogP contribution is 2.21. The van der Waals surface area contributed by atoms with Crippen LogP contribution in [0.2, 0.25) is 0 Å². The molecule has 0 saturated heterocycles. The molecule has 1 rings (SSSR count). The van der Waals surface area contributed by atoms with Crippen LogP contribution in [0, 0.1) is 5.92 Å². The van der Waals surface area contributed by atoms with Crippen LogP contribution in [0.4, 0.5) is 0 Å². The summed E-state index contributed by atoms with van der Waals surface area (Å²) in [4.78, 5) is 0.462. The smallest absolute Gasteiger partial charge is 0.178 e.